The number of hydrogen-bond donors (Lipinski definition) is 1. The molecule has 1 fully saturated rings. The number of hydrogen-bond acceptors (Lipinski definition) is 4. The van der Waals surface area contributed by atoms with Gasteiger partial charge in [-0.05, 0) is 23.3 Å². The molecule has 5 heteroatoms. The van der Waals surface area contributed by atoms with Crippen molar-refractivity contribution in [2.75, 3.05) is 13.2 Å². The van der Waals surface area contributed by atoms with Crippen LogP contribution < -0.4 is 5.43 Å². The fraction of sp³-hybridized carbons (Fsp3) is 0.250. The molecule has 2 aromatic rings. The fourth-order valence-electron chi connectivity index (χ4n) is 2.56. The number of hydrazine groups is 1. The second-order valence-corrected chi connectivity index (χ2v) is 5.01. The zero-order valence-corrected chi connectivity index (χ0v) is 11.7. The van der Waals surface area contributed by atoms with Crippen molar-refractivity contribution in [2.24, 2.45) is 0 Å². The van der Waals surface area contributed by atoms with E-state index in [1.807, 2.05) is 31.2 Å². The molecule has 0 spiro atoms. The molecule has 1 aliphatic rings. The van der Waals surface area contributed by atoms with Crippen LogP contribution in [-0.4, -0.2) is 30.0 Å². The molecule has 21 heavy (non-hydrogen) atoms. The number of cyclic esters (lactones) is 1. The van der Waals surface area contributed by atoms with Gasteiger partial charge in [0, 0.05) is 6.04 Å². The Morgan fingerprint density at radius 2 is 1.90 bits per heavy atom. The molecule has 5 nitrogen and oxygen atoms in total. The van der Waals surface area contributed by atoms with Crippen LogP contribution in [-0.2, 0) is 14.3 Å². The van der Waals surface area contributed by atoms with Crippen LogP contribution in [0.25, 0.3) is 10.8 Å². The molecule has 0 saturated carbocycles. The van der Waals surface area contributed by atoms with Crippen LogP contribution in [0.15, 0.2) is 42.5 Å². The summed E-state index contributed by atoms with van der Waals surface area (Å²) < 4.78 is 4.71. The van der Waals surface area contributed by atoms with Crippen LogP contribution in [0.5, 0.6) is 0 Å². The van der Waals surface area contributed by atoms with Gasteiger partial charge in [0.2, 0.25) is 0 Å². The maximum Gasteiger partial charge on any atom is 0.398 e. The summed E-state index contributed by atoms with van der Waals surface area (Å²) in [7, 11) is 0. The third-order valence-corrected chi connectivity index (χ3v) is 3.61. The lowest BCUT2D eigenvalue weighted by Gasteiger charge is -2.29. The van der Waals surface area contributed by atoms with Crippen molar-refractivity contribution < 1.29 is 14.3 Å². The lowest BCUT2D eigenvalue weighted by Crippen LogP contribution is -2.52. The first-order valence-electron chi connectivity index (χ1n) is 6.89. The van der Waals surface area contributed by atoms with Gasteiger partial charge < -0.3 is 4.74 Å². The van der Waals surface area contributed by atoms with E-state index in [9.17, 15) is 9.59 Å². The molecule has 0 unspecified atom stereocenters. The van der Waals surface area contributed by atoms with E-state index in [1.54, 1.807) is 0 Å². The molecular formula is C16H16N2O3. The van der Waals surface area contributed by atoms with E-state index >= 15 is 0 Å². The third kappa shape index (κ3) is 2.60. The van der Waals surface area contributed by atoms with Crippen molar-refractivity contribution in [2.45, 2.75) is 13.0 Å². The smallest absolute Gasteiger partial charge is 0.398 e. The van der Waals surface area contributed by atoms with E-state index < -0.39 is 11.9 Å². The summed E-state index contributed by atoms with van der Waals surface area (Å²) in [4.78, 5) is 23.0. The number of morpholine rings is 1. The Bertz CT molecular complexity index is 693. The van der Waals surface area contributed by atoms with Gasteiger partial charge in [-0.3, -0.25) is 9.80 Å². The predicted octanol–water partition coefficient (Wildman–Crippen LogP) is 1.79. The number of rotatable bonds is 3. The minimum atomic E-state index is -0.807. The van der Waals surface area contributed by atoms with Gasteiger partial charge in [-0.25, -0.2) is 10.2 Å². The number of carbonyl (C=O) groups is 2. The minimum absolute atomic E-state index is 0.0917. The number of nitrogens with one attached hydrogen (secondary N) is 1. The number of esters is 1. The van der Waals surface area contributed by atoms with Gasteiger partial charge in [-0.1, -0.05) is 42.5 Å². The molecule has 0 aromatic heterocycles. The molecular weight excluding hydrogens is 268 g/mol. The summed E-state index contributed by atoms with van der Waals surface area (Å²) in [6, 6.07) is 14.1. The van der Waals surface area contributed by atoms with Crippen LogP contribution >= 0.6 is 0 Å². The largest absolute Gasteiger partial charge is 0.457 e. The molecule has 1 saturated heterocycles. The Hall–Kier alpha value is -2.40. The van der Waals surface area contributed by atoms with E-state index in [2.05, 4.69) is 23.6 Å². The van der Waals surface area contributed by atoms with Crippen LogP contribution in [0.2, 0.25) is 0 Å². The van der Waals surface area contributed by atoms with Gasteiger partial charge in [0.25, 0.3) is 0 Å². The van der Waals surface area contributed by atoms with Crippen LogP contribution in [0.4, 0.5) is 0 Å². The topological polar surface area (TPSA) is 58.6 Å². The number of ether oxygens (including phenoxy) is 1. The fourth-order valence-corrected chi connectivity index (χ4v) is 2.56. The van der Waals surface area contributed by atoms with E-state index in [1.165, 1.54) is 5.01 Å². The summed E-state index contributed by atoms with van der Waals surface area (Å²) >= 11 is 0. The Morgan fingerprint density at radius 1 is 1.14 bits per heavy atom. The molecule has 1 aliphatic heterocycles. The summed E-state index contributed by atoms with van der Waals surface area (Å²) in [5.41, 5.74) is 4.17. The second-order valence-electron chi connectivity index (χ2n) is 5.01. The summed E-state index contributed by atoms with van der Waals surface area (Å²) in [5, 5.41) is 3.61. The SMILES string of the molecule is C[C@@H](NN1CCOC(=O)C1=O)c1cccc2ccccc12. The highest BCUT2D eigenvalue weighted by Crippen LogP contribution is 2.24. The number of carbonyl (C=O) groups excluding carboxylic acids is 2. The minimum Gasteiger partial charge on any atom is -0.457 e. The quantitative estimate of drug-likeness (QED) is 0.689. The molecule has 1 N–H and O–H groups in total. The standard InChI is InChI=1S/C16H16N2O3/c1-11(17-18-9-10-21-16(20)15(18)19)13-8-4-6-12-5-2-3-7-14(12)13/h2-8,11,17H,9-10H2,1H3/t11-/m1/s1. The molecule has 0 aliphatic carbocycles. The monoisotopic (exact) mass is 284 g/mol. The van der Waals surface area contributed by atoms with Crippen LogP contribution in [0.3, 0.4) is 0 Å². The van der Waals surface area contributed by atoms with Crippen molar-refractivity contribution in [1.29, 1.82) is 0 Å². The maximum absolute atomic E-state index is 11.7. The van der Waals surface area contributed by atoms with Crippen LogP contribution in [0.1, 0.15) is 18.5 Å². The van der Waals surface area contributed by atoms with Gasteiger partial charge in [-0.15, -0.1) is 0 Å². The van der Waals surface area contributed by atoms with Gasteiger partial charge in [-0.2, -0.15) is 0 Å². The maximum atomic E-state index is 11.7. The molecule has 3 rings (SSSR count). The van der Waals surface area contributed by atoms with Gasteiger partial charge in [0.15, 0.2) is 0 Å². The molecule has 1 atom stereocenters. The highest BCUT2D eigenvalue weighted by atomic mass is 16.5. The highest BCUT2D eigenvalue weighted by molar-refractivity contribution is 6.32. The number of nitrogens with zero attached hydrogens (tertiary/aromatic N) is 1. The van der Waals surface area contributed by atoms with Gasteiger partial charge in [0.05, 0.1) is 6.54 Å². The molecule has 0 radical (unpaired) electrons. The second kappa shape index (κ2) is 5.54. The lowest BCUT2D eigenvalue weighted by molar-refractivity contribution is -0.169. The zero-order valence-electron chi connectivity index (χ0n) is 11.7. The number of amides is 1. The first-order valence-corrected chi connectivity index (χ1v) is 6.89. The Morgan fingerprint density at radius 3 is 2.76 bits per heavy atom. The Kier molecular flexibility index (Phi) is 3.58. The number of benzene rings is 2. The first kappa shape index (κ1) is 13.6. The van der Waals surface area contributed by atoms with E-state index in [4.69, 9.17) is 4.74 Å². The molecule has 0 bridgehead atoms. The Balaban J connectivity index is 1.85. The van der Waals surface area contributed by atoms with Crippen LogP contribution in [0, 0.1) is 0 Å². The predicted molar refractivity (Wildman–Crippen MR) is 78.2 cm³/mol. The van der Waals surface area contributed by atoms with Gasteiger partial charge in [0.1, 0.15) is 6.61 Å². The van der Waals surface area contributed by atoms with Crippen molar-refractivity contribution >= 4 is 22.6 Å². The summed E-state index contributed by atoms with van der Waals surface area (Å²) in [6.45, 7) is 2.55. The molecule has 108 valence electrons. The molecule has 2 aromatic carbocycles. The summed E-state index contributed by atoms with van der Waals surface area (Å²) in [5.74, 6) is -1.45. The van der Waals surface area contributed by atoms with Crippen molar-refractivity contribution in [3.8, 4) is 0 Å². The Labute approximate surface area is 122 Å². The average molecular weight is 284 g/mol. The summed E-state index contributed by atoms with van der Waals surface area (Å²) in [6.07, 6.45) is 0. The van der Waals surface area contributed by atoms with E-state index in [0.717, 1.165) is 16.3 Å². The normalized spacial score (nSPS) is 16.9. The number of fused-ring (bicyclic) bond motifs is 1. The average Bonchev–Trinajstić information content (AvgIpc) is 2.51. The van der Waals surface area contributed by atoms with Crippen molar-refractivity contribution in [3.05, 3.63) is 48.0 Å². The van der Waals surface area contributed by atoms with E-state index in [-0.39, 0.29) is 12.6 Å². The first-order chi connectivity index (χ1) is 10.2. The molecule has 1 heterocycles. The lowest BCUT2D eigenvalue weighted by atomic mass is 10.00. The van der Waals surface area contributed by atoms with Crippen molar-refractivity contribution in [1.82, 2.24) is 10.4 Å². The van der Waals surface area contributed by atoms with Gasteiger partial charge >= 0.3 is 11.9 Å². The highest BCUT2D eigenvalue weighted by Gasteiger charge is 2.29. The zero-order chi connectivity index (χ0) is 14.8. The van der Waals surface area contributed by atoms with Crippen molar-refractivity contribution in [3.63, 3.8) is 0 Å². The third-order valence-electron chi connectivity index (χ3n) is 3.61. The van der Waals surface area contributed by atoms with E-state index in [0.29, 0.717) is 6.54 Å². The molecule has 1 amide bonds.